The van der Waals surface area contributed by atoms with E-state index in [4.69, 9.17) is 4.74 Å². The summed E-state index contributed by atoms with van der Waals surface area (Å²) in [6.07, 6.45) is 4.19. The number of ether oxygens (including phenoxy) is 1. The fourth-order valence-corrected chi connectivity index (χ4v) is 4.05. The van der Waals surface area contributed by atoms with Crippen LogP contribution in [0.1, 0.15) is 44.6 Å². The molecule has 0 bridgehead atoms. The molecule has 0 radical (unpaired) electrons. The number of hydrogen-bond donors (Lipinski definition) is 1. The highest BCUT2D eigenvalue weighted by Crippen LogP contribution is 2.52. The third-order valence-electron chi connectivity index (χ3n) is 5.09. The summed E-state index contributed by atoms with van der Waals surface area (Å²) in [7, 11) is 0. The third-order valence-corrected chi connectivity index (χ3v) is 5.09. The van der Waals surface area contributed by atoms with Gasteiger partial charge in [0, 0.05) is 18.6 Å². The Bertz CT molecular complexity index is 419. The summed E-state index contributed by atoms with van der Waals surface area (Å²) < 4.78 is 5.92. The zero-order chi connectivity index (χ0) is 13.9. The standard InChI is InChI=1S/C18H27NO/c1-3-17-14(10-11-20-17)18(19-4-2)16-12-15(16)13-8-6-5-7-9-13/h5-9,14-19H,3-4,10-12H2,1-2H3. The minimum atomic E-state index is 0.469. The van der Waals surface area contributed by atoms with Gasteiger partial charge in [0.05, 0.1) is 6.10 Å². The van der Waals surface area contributed by atoms with Gasteiger partial charge in [0.25, 0.3) is 0 Å². The van der Waals surface area contributed by atoms with Crippen LogP contribution in [0.5, 0.6) is 0 Å². The third kappa shape index (κ3) is 2.77. The van der Waals surface area contributed by atoms with Gasteiger partial charge in [0.1, 0.15) is 0 Å². The Hall–Kier alpha value is -0.860. The molecule has 1 aromatic carbocycles. The molecule has 2 nitrogen and oxygen atoms in total. The Balaban J connectivity index is 1.70. The van der Waals surface area contributed by atoms with Crippen molar-refractivity contribution in [2.45, 2.75) is 51.2 Å². The Morgan fingerprint density at radius 3 is 2.70 bits per heavy atom. The maximum Gasteiger partial charge on any atom is 0.0616 e. The molecule has 0 amide bonds. The summed E-state index contributed by atoms with van der Waals surface area (Å²) in [6, 6.07) is 11.7. The molecule has 110 valence electrons. The normalized spacial score (nSPS) is 34.1. The van der Waals surface area contributed by atoms with E-state index < -0.39 is 0 Å². The lowest BCUT2D eigenvalue weighted by atomic mass is 9.87. The highest BCUT2D eigenvalue weighted by molar-refractivity contribution is 5.27. The van der Waals surface area contributed by atoms with Crippen LogP contribution in [-0.4, -0.2) is 25.3 Å². The van der Waals surface area contributed by atoms with Crippen LogP contribution in [-0.2, 0) is 4.74 Å². The molecule has 0 aromatic heterocycles. The van der Waals surface area contributed by atoms with E-state index in [2.05, 4.69) is 49.5 Å². The molecule has 5 unspecified atom stereocenters. The van der Waals surface area contributed by atoms with Gasteiger partial charge in [-0.2, -0.15) is 0 Å². The number of rotatable bonds is 6. The van der Waals surface area contributed by atoms with Crippen molar-refractivity contribution in [3.8, 4) is 0 Å². The van der Waals surface area contributed by atoms with Crippen molar-refractivity contribution in [1.82, 2.24) is 5.32 Å². The van der Waals surface area contributed by atoms with Crippen molar-refractivity contribution >= 4 is 0 Å². The second-order valence-electron chi connectivity index (χ2n) is 6.27. The molecule has 1 heterocycles. The van der Waals surface area contributed by atoms with Crippen molar-refractivity contribution in [2.75, 3.05) is 13.2 Å². The van der Waals surface area contributed by atoms with Gasteiger partial charge in [-0.1, -0.05) is 44.2 Å². The average molecular weight is 273 g/mol. The molecule has 1 aliphatic carbocycles. The van der Waals surface area contributed by atoms with Gasteiger partial charge < -0.3 is 10.1 Å². The smallest absolute Gasteiger partial charge is 0.0616 e. The average Bonchev–Trinajstić information content (AvgIpc) is 3.14. The van der Waals surface area contributed by atoms with E-state index in [-0.39, 0.29) is 0 Å². The minimum absolute atomic E-state index is 0.469. The van der Waals surface area contributed by atoms with Crippen LogP contribution in [0.3, 0.4) is 0 Å². The summed E-state index contributed by atoms with van der Waals surface area (Å²) in [5.74, 6) is 2.27. The van der Waals surface area contributed by atoms with E-state index in [1.54, 1.807) is 0 Å². The maximum atomic E-state index is 5.92. The molecule has 2 fully saturated rings. The van der Waals surface area contributed by atoms with Crippen molar-refractivity contribution < 1.29 is 4.74 Å². The van der Waals surface area contributed by atoms with Crippen LogP contribution in [0, 0.1) is 11.8 Å². The molecule has 1 saturated carbocycles. The molecule has 1 aliphatic heterocycles. The zero-order valence-corrected chi connectivity index (χ0v) is 12.7. The zero-order valence-electron chi connectivity index (χ0n) is 12.7. The molecular formula is C18H27NO. The van der Waals surface area contributed by atoms with Gasteiger partial charge in [-0.25, -0.2) is 0 Å². The van der Waals surface area contributed by atoms with Gasteiger partial charge in [0.15, 0.2) is 0 Å². The summed E-state index contributed by atoms with van der Waals surface area (Å²) in [5.41, 5.74) is 1.52. The minimum Gasteiger partial charge on any atom is -0.378 e. The van der Waals surface area contributed by atoms with E-state index in [1.807, 2.05) is 0 Å². The largest absolute Gasteiger partial charge is 0.378 e. The van der Waals surface area contributed by atoms with Crippen LogP contribution in [0.25, 0.3) is 0 Å². The van der Waals surface area contributed by atoms with Gasteiger partial charge in [-0.3, -0.25) is 0 Å². The first-order chi connectivity index (χ1) is 9.85. The molecule has 3 rings (SSSR count). The van der Waals surface area contributed by atoms with Crippen molar-refractivity contribution in [1.29, 1.82) is 0 Å². The maximum absolute atomic E-state index is 5.92. The Morgan fingerprint density at radius 2 is 2.00 bits per heavy atom. The molecule has 5 atom stereocenters. The van der Waals surface area contributed by atoms with Crippen LogP contribution >= 0.6 is 0 Å². The number of hydrogen-bond acceptors (Lipinski definition) is 2. The first-order valence-corrected chi connectivity index (χ1v) is 8.25. The molecule has 1 N–H and O–H groups in total. The second-order valence-corrected chi connectivity index (χ2v) is 6.27. The summed E-state index contributed by atoms with van der Waals surface area (Å²) in [6.45, 7) is 6.50. The molecule has 20 heavy (non-hydrogen) atoms. The lowest BCUT2D eigenvalue weighted by Crippen LogP contribution is -2.41. The van der Waals surface area contributed by atoms with Crippen LogP contribution in [0.15, 0.2) is 30.3 Å². The Kier molecular flexibility index (Phi) is 4.42. The van der Waals surface area contributed by atoms with Gasteiger partial charge in [0.2, 0.25) is 0 Å². The van der Waals surface area contributed by atoms with Gasteiger partial charge in [-0.15, -0.1) is 0 Å². The van der Waals surface area contributed by atoms with E-state index in [9.17, 15) is 0 Å². The summed E-state index contributed by atoms with van der Waals surface area (Å²) in [4.78, 5) is 0. The molecule has 2 aliphatic rings. The van der Waals surface area contributed by atoms with Crippen LogP contribution < -0.4 is 5.32 Å². The highest BCUT2D eigenvalue weighted by atomic mass is 16.5. The monoisotopic (exact) mass is 273 g/mol. The van der Waals surface area contributed by atoms with Crippen molar-refractivity contribution in [3.63, 3.8) is 0 Å². The first-order valence-electron chi connectivity index (χ1n) is 8.25. The predicted octanol–water partition coefficient (Wildman–Crippen LogP) is 3.58. The molecular weight excluding hydrogens is 246 g/mol. The topological polar surface area (TPSA) is 21.3 Å². The summed E-state index contributed by atoms with van der Waals surface area (Å²) in [5, 5.41) is 3.77. The second kappa shape index (κ2) is 6.28. The molecule has 0 spiro atoms. The SMILES string of the molecule is CCNC(C1CCOC1CC)C1CC1c1ccccc1. The summed E-state index contributed by atoms with van der Waals surface area (Å²) >= 11 is 0. The lowest BCUT2D eigenvalue weighted by molar-refractivity contribution is 0.0748. The van der Waals surface area contributed by atoms with Gasteiger partial charge in [-0.05, 0) is 43.2 Å². The highest BCUT2D eigenvalue weighted by Gasteiger charge is 2.48. The quantitative estimate of drug-likeness (QED) is 0.855. The van der Waals surface area contributed by atoms with Crippen LogP contribution in [0.2, 0.25) is 0 Å². The fourth-order valence-electron chi connectivity index (χ4n) is 4.05. The molecule has 2 heteroatoms. The molecule has 1 saturated heterocycles. The lowest BCUT2D eigenvalue weighted by Gasteiger charge is -2.28. The van der Waals surface area contributed by atoms with Gasteiger partial charge >= 0.3 is 0 Å². The predicted molar refractivity (Wildman–Crippen MR) is 82.9 cm³/mol. The van der Waals surface area contributed by atoms with E-state index in [0.717, 1.165) is 31.4 Å². The van der Waals surface area contributed by atoms with Crippen molar-refractivity contribution in [3.05, 3.63) is 35.9 Å². The Morgan fingerprint density at radius 1 is 1.20 bits per heavy atom. The van der Waals surface area contributed by atoms with Crippen LogP contribution in [0.4, 0.5) is 0 Å². The Labute approximate surface area is 122 Å². The number of benzene rings is 1. The van der Waals surface area contributed by atoms with Crippen molar-refractivity contribution in [2.24, 2.45) is 11.8 Å². The molecule has 1 aromatic rings. The van der Waals surface area contributed by atoms with E-state index >= 15 is 0 Å². The number of nitrogens with one attached hydrogen (secondary N) is 1. The van der Waals surface area contributed by atoms with E-state index in [1.165, 1.54) is 18.4 Å². The first kappa shape index (κ1) is 14.1. The fraction of sp³-hybridized carbons (Fsp3) is 0.667. The van der Waals surface area contributed by atoms with E-state index in [0.29, 0.717) is 18.1 Å².